The summed E-state index contributed by atoms with van der Waals surface area (Å²) in [6, 6.07) is 18.5. The minimum atomic E-state index is 0.0623. The van der Waals surface area contributed by atoms with Crippen LogP contribution in [0.2, 0.25) is 0 Å². The van der Waals surface area contributed by atoms with Crippen molar-refractivity contribution in [2.75, 3.05) is 30.8 Å². The molecule has 1 amide bonds. The Hall–Kier alpha value is -1.94. The second-order valence-electron chi connectivity index (χ2n) is 5.58. The molecule has 0 saturated heterocycles. The standard InChI is InChI=1S/C19H24N2OS/c1-16-8-10-17(11-9-16)15-23-13-12-20-19(22)14-21(2)18-6-4-3-5-7-18/h3-11H,12-15H2,1-2H3,(H,20,22). The lowest BCUT2D eigenvalue weighted by Gasteiger charge is -2.18. The number of hydrogen-bond donors (Lipinski definition) is 1. The summed E-state index contributed by atoms with van der Waals surface area (Å²) in [7, 11) is 1.93. The van der Waals surface area contributed by atoms with Gasteiger partial charge in [-0.25, -0.2) is 0 Å². The SMILES string of the molecule is Cc1ccc(CSCCNC(=O)CN(C)c2ccccc2)cc1. The molecule has 1 N–H and O–H groups in total. The van der Waals surface area contributed by atoms with Crippen LogP contribution in [-0.2, 0) is 10.5 Å². The molecule has 2 rings (SSSR count). The van der Waals surface area contributed by atoms with E-state index >= 15 is 0 Å². The van der Waals surface area contributed by atoms with Crippen LogP contribution in [0.1, 0.15) is 11.1 Å². The summed E-state index contributed by atoms with van der Waals surface area (Å²) in [5.41, 5.74) is 3.67. The number of carbonyl (C=O) groups excluding carboxylic acids is 1. The molecule has 0 aliphatic carbocycles. The number of thioether (sulfide) groups is 1. The van der Waals surface area contributed by atoms with E-state index in [1.54, 1.807) is 0 Å². The first-order valence-electron chi connectivity index (χ1n) is 7.81. The first kappa shape index (κ1) is 17.4. The van der Waals surface area contributed by atoms with E-state index in [-0.39, 0.29) is 5.91 Å². The van der Waals surface area contributed by atoms with Crippen LogP contribution >= 0.6 is 11.8 Å². The van der Waals surface area contributed by atoms with Gasteiger partial charge < -0.3 is 10.2 Å². The maximum absolute atomic E-state index is 11.9. The van der Waals surface area contributed by atoms with Crippen LogP contribution in [0.4, 0.5) is 5.69 Å². The highest BCUT2D eigenvalue weighted by atomic mass is 32.2. The normalized spacial score (nSPS) is 10.3. The number of benzene rings is 2. The van der Waals surface area contributed by atoms with Crippen molar-refractivity contribution in [3.63, 3.8) is 0 Å². The number of para-hydroxylation sites is 1. The molecule has 0 aliphatic rings. The first-order chi connectivity index (χ1) is 11.1. The predicted molar refractivity (Wildman–Crippen MR) is 100 cm³/mol. The summed E-state index contributed by atoms with van der Waals surface area (Å²) in [4.78, 5) is 13.9. The number of nitrogens with zero attached hydrogens (tertiary/aromatic N) is 1. The minimum Gasteiger partial charge on any atom is -0.365 e. The maximum atomic E-state index is 11.9. The highest BCUT2D eigenvalue weighted by Gasteiger charge is 2.06. The van der Waals surface area contributed by atoms with Crippen LogP contribution in [0.3, 0.4) is 0 Å². The third-order valence-corrected chi connectivity index (χ3v) is 4.57. The fourth-order valence-corrected chi connectivity index (χ4v) is 3.00. The van der Waals surface area contributed by atoms with Gasteiger partial charge in [0.15, 0.2) is 0 Å². The molecule has 0 radical (unpaired) electrons. The predicted octanol–water partition coefficient (Wildman–Crippen LogP) is 3.48. The van der Waals surface area contributed by atoms with Gasteiger partial charge in [-0.15, -0.1) is 0 Å². The second-order valence-corrected chi connectivity index (χ2v) is 6.68. The summed E-state index contributed by atoms with van der Waals surface area (Å²) < 4.78 is 0. The van der Waals surface area contributed by atoms with E-state index in [0.29, 0.717) is 13.1 Å². The summed E-state index contributed by atoms with van der Waals surface area (Å²) >= 11 is 1.84. The molecule has 0 saturated carbocycles. The van der Waals surface area contributed by atoms with E-state index in [4.69, 9.17) is 0 Å². The Labute approximate surface area is 143 Å². The van der Waals surface area contributed by atoms with Crippen LogP contribution in [-0.4, -0.2) is 31.8 Å². The van der Waals surface area contributed by atoms with Gasteiger partial charge in [-0.1, -0.05) is 48.0 Å². The third kappa shape index (κ3) is 6.37. The molecular formula is C19H24N2OS. The van der Waals surface area contributed by atoms with Crippen LogP contribution < -0.4 is 10.2 Å². The van der Waals surface area contributed by atoms with E-state index in [9.17, 15) is 4.79 Å². The van der Waals surface area contributed by atoms with Gasteiger partial charge >= 0.3 is 0 Å². The van der Waals surface area contributed by atoms with E-state index in [1.165, 1.54) is 11.1 Å². The van der Waals surface area contributed by atoms with Gasteiger partial charge in [-0.3, -0.25) is 4.79 Å². The highest BCUT2D eigenvalue weighted by molar-refractivity contribution is 7.98. The van der Waals surface area contributed by atoms with Crippen molar-refractivity contribution >= 4 is 23.4 Å². The third-order valence-electron chi connectivity index (χ3n) is 3.54. The lowest BCUT2D eigenvalue weighted by atomic mass is 10.2. The fraction of sp³-hybridized carbons (Fsp3) is 0.316. The quantitative estimate of drug-likeness (QED) is 0.753. The van der Waals surface area contributed by atoms with Gasteiger partial charge in [-0.2, -0.15) is 11.8 Å². The van der Waals surface area contributed by atoms with Gasteiger partial charge in [0.1, 0.15) is 0 Å². The molecule has 0 aliphatic heterocycles. The Bertz CT molecular complexity index is 599. The minimum absolute atomic E-state index is 0.0623. The summed E-state index contributed by atoms with van der Waals surface area (Å²) in [5.74, 6) is 1.97. The van der Waals surface area contributed by atoms with Crippen molar-refractivity contribution in [2.24, 2.45) is 0 Å². The Kier molecular flexibility index (Phi) is 7.01. The summed E-state index contributed by atoms with van der Waals surface area (Å²) in [6.45, 7) is 3.18. The smallest absolute Gasteiger partial charge is 0.239 e. The maximum Gasteiger partial charge on any atom is 0.239 e. The summed E-state index contributed by atoms with van der Waals surface area (Å²) in [6.07, 6.45) is 0. The number of amides is 1. The van der Waals surface area contributed by atoms with Crippen molar-refractivity contribution < 1.29 is 4.79 Å². The number of carbonyl (C=O) groups is 1. The molecule has 0 atom stereocenters. The van der Waals surface area contributed by atoms with E-state index in [2.05, 4.69) is 36.5 Å². The lowest BCUT2D eigenvalue weighted by Crippen LogP contribution is -2.36. The van der Waals surface area contributed by atoms with Crippen LogP contribution in [0, 0.1) is 6.92 Å². The molecule has 3 nitrogen and oxygen atoms in total. The van der Waals surface area contributed by atoms with Crippen molar-refractivity contribution in [1.29, 1.82) is 0 Å². The molecule has 2 aromatic carbocycles. The second kappa shape index (κ2) is 9.26. The Morgan fingerprint density at radius 2 is 1.78 bits per heavy atom. The fourth-order valence-electron chi connectivity index (χ4n) is 2.18. The zero-order chi connectivity index (χ0) is 16.5. The van der Waals surface area contributed by atoms with Crippen LogP contribution in [0.5, 0.6) is 0 Å². The number of anilines is 1. The lowest BCUT2D eigenvalue weighted by molar-refractivity contribution is -0.119. The Morgan fingerprint density at radius 1 is 1.09 bits per heavy atom. The topological polar surface area (TPSA) is 32.3 Å². The number of nitrogens with one attached hydrogen (secondary N) is 1. The molecule has 0 bridgehead atoms. The average molecular weight is 328 g/mol. The van der Waals surface area contributed by atoms with Crippen molar-refractivity contribution in [3.8, 4) is 0 Å². The first-order valence-corrected chi connectivity index (χ1v) is 8.97. The Balaban J connectivity index is 1.60. The zero-order valence-electron chi connectivity index (χ0n) is 13.8. The van der Waals surface area contributed by atoms with E-state index in [1.807, 2.05) is 54.0 Å². The molecule has 23 heavy (non-hydrogen) atoms. The largest absolute Gasteiger partial charge is 0.365 e. The van der Waals surface area contributed by atoms with Gasteiger partial charge in [0.05, 0.1) is 6.54 Å². The molecule has 0 spiro atoms. The molecule has 2 aromatic rings. The molecule has 4 heteroatoms. The highest BCUT2D eigenvalue weighted by Crippen LogP contribution is 2.12. The van der Waals surface area contributed by atoms with E-state index < -0.39 is 0 Å². The van der Waals surface area contributed by atoms with Crippen molar-refractivity contribution in [2.45, 2.75) is 12.7 Å². The van der Waals surface area contributed by atoms with Gasteiger partial charge in [0.2, 0.25) is 5.91 Å². The number of rotatable bonds is 8. The summed E-state index contributed by atoms with van der Waals surface area (Å²) in [5, 5.41) is 2.98. The molecule has 0 unspecified atom stereocenters. The molecule has 122 valence electrons. The van der Waals surface area contributed by atoms with Gasteiger partial charge in [0, 0.05) is 30.8 Å². The Morgan fingerprint density at radius 3 is 2.48 bits per heavy atom. The molecule has 0 aromatic heterocycles. The molecular weight excluding hydrogens is 304 g/mol. The van der Waals surface area contributed by atoms with Crippen LogP contribution in [0.15, 0.2) is 54.6 Å². The zero-order valence-corrected chi connectivity index (χ0v) is 14.6. The van der Waals surface area contributed by atoms with E-state index in [0.717, 1.165) is 17.2 Å². The van der Waals surface area contributed by atoms with Gasteiger partial charge in [0.25, 0.3) is 0 Å². The average Bonchev–Trinajstić information content (AvgIpc) is 2.57. The van der Waals surface area contributed by atoms with Crippen LogP contribution in [0.25, 0.3) is 0 Å². The number of likely N-dealkylation sites (N-methyl/N-ethyl adjacent to an activating group) is 1. The van der Waals surface area contributed by atoms with Gasteiger partial charge in [-0.05, 0) is 24.6 Å². The van der Waals surface area contributed by atoms with Crippen molar-refractivity contribution in [3.05, 3.63) is 65.7 Å². The monoisotopic (exact) mass is 328 g/mol. The number of aryl methyl sites for hydroxylation is 1. The number of hydrogen-bond acceptors (Lipinski definition) is 3. The molecule has 0 heterocycles. The molecule has 0 fully saturated rings. The van der Waals surface area contributed by atoms with Crippen molar-refractivity contribution in [1.82, 2.24) is 5.32 Å².